The minimum absolute atomic E-state index is 0.319. The standard InChI is InChI=1S/C19H22Cl2N2O4S2/c1-27-18-6-4-3-5-17(18)23(29(2,25)26)12-19(24)22-9-10-28-13-14-7-8-15(20)11-16(14)21/h3-8,11H,9-10,12-13H2,1-2H3,(H,22,24). The van der Waals surface area contributed by atoms with E-state index in [1.54, 1.807) is 48.2 Å². The van der Waals surface area contributed by atoms with E-state index < -0.39 is 15.9 Å². The number of rotatable bonds is 10. The molecule has 2 aromatic carbocycles. The molecule has 0 radical (unpaired) electrons. The summed E-state index contributed by atoms with van der Waals surface area (Å²) in [6.45, 7) is 0.0745. The third-order valence-electron chi connectivity index (χ3n) is 3.88. The minimum atomic E-state index is -3.66. The molecule has 0 fully saturated rings. The van der Waals surface area contributed by atoms with Crippen LogP contribution in [0.15, 0.2) is 42.5 Å². The summed E-state index contributed by atoms with van der Waals surface area (Å²) in [6, 6.07) is 12.0. The number of nitrogens with one attached hydrogen (secondary N) is 1. The molecule has 0 heterocycles. The van der Waals surface area contributed by atoms with Crippen molar-refractivity contribution in [2.75, 3.05) is 36.5 Å². The summed E-state index contributed by atoms with van der Waals surface area (Å²) < 4.78 is 30.6. The van der Waals surface area contributed by atoms with Crippen LogP contribution in [0.3, 0.4) is 0 Å². The van der Waals surface area contributed by atoms with Gasteiger partial charge in [0.05, 0.1) is 19.1 Å². The Labute approximate surface area is 185 Å². The molecule has 0 atom stereocenters. The van der Waals surface area contributed by atoms with Gasteiger partial charge in [-0.05, 0) is 29.8 Å². The zero-order valence-electron chi connectivity index (χ0n) is 16.0. The third kappa shape index (κ3) is 7.29. The number of methoxy groups -OCH3 is 1. The predicted molar refractivity (Wildman–Crippen MR) is 121 cm³/mol. The van der Waals surface area contributed by atoms with Gasteiger partial charge >= 0.3 is 0 Å². The van der Waals surface area contributed by atoms with E-state index in [0.29, 0.717) is 39.5 Å². The highest BCUT2D eigenvalue weighted by Gasteiger charge is 2.23. The first-order valence-corrected chi connectivity index (χ1v) is 12.4. The van der Waals surface area contributed by atoms with E-state index in [4.69, 9.17) is 27.9 Å². The number of hydrogen-bond donors (Lipinski definition) is 1. The molecule has 158 valence electrons. The van der Waals surface area contributed by atoms with Crippen LogP contribution in [0.25, 0.3) is 0 Å². The molecular formula is C19H22Cl2N2O4S2. The van der Waals surface area contributed by atoms with E-state index in [1.165, 1.54) is 7.11 Å². The largest absolute Gasteiger partial charge is 0.495 e. The molecule has 10 heteroatoms. The number of anilines is 1. The molecule has 0 saturated carbocycles. The number of carbonyl (C=O) groups is 1. The Kier molecular flexibility index (Phi) is 8.95. The lowest BCUT2D eigenvalue weighted by molar-refractivity contribution is -0.119. The van der Waals surface area contributed by atoms with E-state index in [-0.39, 0.29) is 6.54 Å². The maximum Gasteiger partial charge on any atom is 0.240 e. The number of hydrogen-bond acceptors (Lipinski definition) is 5. The molecule has 0 aliphatic carbocycles. The molecule has 1 N–H and O–H groups in total. The zero-order valence-corrected chi connectivity index (χ0v) is 19.2. The third-order valence-corrected chi connectivity index (χ3v) is 6.60. The molecular weight excluding hydrogens is 455 g/mol. The summed E-state index contributed by atoms with van der Waals surface area (Å²) >= 11 is 13.6. The van der Waals surface area contributed by atoms with Gasteiger partial charge in [0.15, 0.2) is 0 Å². The molecule has 0 aliphatic rings. The summed E-state index contributed by atoms with van der Waals surface area (Å²) in [6.07, 6.45) is 1.05. The fraction of sp³-hybridized carbons (Fsp3) is 0.316. The average molecular weight is 477 g/mol. The van der Waals surface area contributed by atoms with E-state index in [9.17, 15) is 13.2 Å². The van der Waals surface area contributed by atoms with Crippen LogP contribution in [0.1, 0.15) is 5.56 Å². The summed E-state index contributed by atoms with van der Waals surface area (Å²) in [5.41, 5.74) is 1.28. The first-order chi connectivity index (χ1) is 13.7. The van der Waals surface area contributed by atoms with Gasteiger partial charge in [-0.3, -0.25) is 9.10 Å². The molecule has 0 bridgehead atoms. The second-order valence-corrected chi connectivity index (χ2v) is 9.94. The topological polar surface area (TPSA) is 75.7 Å². The molecule has 1 amide bonds. The van der Waals surface area contributed by atoms with Gasteiger partial charge in [-0.1, -0.05) is 41.4 Å². The number of benzene rings is 2. The molecule has 0 aliphatic heterocycles. The van der Waals surface area contributed by atoms with Gasteiger partial charge in [-0.2, -0.15) is 11.8 Å². The lowest BCUT2D eigenvalue weighted by Crippen LogP contribution is -2.41. The van der Waals surface area contributed by atoms with Gasteiger partial charge in [0.1, 0.15) is 12.3 Å². The van der Waals surface area contributed by atoms with Crippen LogP contribution < -0.4 is 14.4 Å². The number of sulfonamides is 1. The Morgan fingerprint density at radius 3 is 2.59 bits per heavy atom. The normalized spacial score (nSPS) is 11.2. The Morgan fingerprint density at radius 1 is 1.21 bits per heavy atom. The fourth-order valence-corrected chi connectivity index (χ4v) is 4.76. The van der Waals surface area contributed by atoms with Crippen molar-refractivity contribution < 1.29 is 17.9 Å². The van der Waals surface area contributed by atoms with Crippen LogP contribution in [0, 0.1) is 0 Å². The van der Waals surface area contributed by atoms with Crippen LogP contribution in [-0.2, 0) is 20.6 Å². The number of carbonyl (C=O) groups excluding carboxylic acids is 1. The predicted octanol–water partition coefficient (Wildman–Crippen LogP) is 3.82. The van der Waals surface area contributed by atoms with Crippen molar-refractivity contribution in [2.24, 2.45) is 0 Å². The lowest BCUT2D eigenvalue weighted by Gasteiger charge is -2.23. The maximum atomic E-state index is 12.3. The first kappa shape index (κ1) is 23.7. The highest BCUT2D eigenvalue weighted by atomic mass is 35.5. The van der Waals surface area contributed by atoms with Gasteiger partial charge in [0, 0.05) is 28.1 Å². The highest BCUT2D eigenvalue weighted by Crippen LogP contribution is 2.29. The molecule has 6 nitrogen and oxygen atoms in total. The monoisotopic (exact) mass is 476 g/mol. The number of nitrogens with zero attached hydrogens (tertiary/aromatic N) is 1. The summed E-state index contributed by atoms with van der Waals surface area (Å²) in [4.78, 5) is 12.3. The van der Waals surface area contributed by atoms with Gasteiger partial charge in [-0.25, -0.2) is 8.42 Å². The molecule has 0 aromatic heterocycles. The Morgan fingerprint density at radius 2 is 1.93 bits per heavy atom. The smallest absolute Gasteiger partial charge is 0.240 e. The molecule has 2 aromatic rings. The van der Waals surface area contributed by atoms with Crippen molar-refractivity contribution in [1.29, 1.82) is 0 Å². The molecule has 29 heavy (non-hydrogen) atoms. The van der Waals surface area contributed by atoms with Crippen molar-refractivity contribution in [1.82, 2.24) is 5.32 Å². The number of halogens is 2. The Hall–Kier alpha value is -1.61. The van der Waals surface area contributed by atoms with Crippen LogP contribution in [-0.4, -0.2) is 46.5 Å². The second kappa shape index (κ2) is 11.0. The maximum absolute atomic E-state index is 12.3. The van der Waals surface area contributed by atoms with E-state index in [2.05, 4.69) is 5.32 Å². The summed E-state index contributed by atoms with van der Waals surface area (Å²) in [5, 5.41) is 3.93. The highest BCUT2D eigenvalue weighted by molar-refractivity contribution is 7.98. The summed E-state index contributed by atoms with van der Waals surface area (Å²) in [5.74, 6) is 1.31. The molecule has 0 saturated heterocycles. The fourth-order valence-electron chi connectivity index (χ4n) is 2.49. The minimum Gasteiger partial charge on any atom is -0.495 e. The van der Waals surface area contributed by atoms with Crippen molar-refractivity contribution in [2.45, 2.75) is 5.75 Å². The van der Waals surface area contributed by atoms with Crippen molar-refractivity contribution in [3.05, 3.63) is 58.1 Å². The Balaban J connectivity index is 1.87. The van der Waals surface area contributed by atoms with Crippen molar-refractivity contribution >= 4 is 56.6 Å². The quantitative estimate of drug-likeness (QED) is 0.527. The van der Waals surface area contributed by atoms with Crippen molar-refractivity contribution in [3.8, 4) is 5.75 Å². The average Bonchev–Trinajstić information content (AvgIpc) is 2.66. The summed E-state index contributed by atoms with van der Waals surface area (Å²) in [7, 11) is -2.22. The molecule has 0 spiro atoms. The van der Waals surface area contributed by atoms with Crippen LogP contribution in [0.5, 0.6) is 5.75 Å². The Bertz CT molecular complexity index is 955. The zero-order chi connectivity index (χ0) is 21.4. The SMILES string of the molecule is COc1ccccc1N(CC(=O)NCCSCc1ccc(Cl)cc1Cl)S(C)(=O)=O. The van der Waals surface area contributed by atoms with E-state index in [1.807, 2.05) is 6.07 Å². The molecule has 0 unspecified atom stereocenters. The number of ether oxygens (including phenoxy) is 1. The van der Waals surface area contributed by atoms with E-state index in [0.717, 1.165) is 16.1 Å². The van der Waals surface area contributed by atoms with Crippen LogP contribution >= 0.6 is 35.0 Å². The van der Waals surface area contributed by atoms with Gasteiger partial charge in [0.25, 0.3) is 0 Å². The first-order valence-electron chi connectivity index (χ1n) is 8.61. The van der Waals surface area contributed by atoms with Crippen LogP contribution in [0.4, 0.5) is 5.69 Å². The van der Waals surface area contributed by atoms with Gasteiger partial charge < -0.3 is 10.1 Å². The number of amides is 1. The molecule has 2 rings (SSSR count). The van der Waals surface area contributed by atoms with Crippen molar-refractivity contribution in [3.63, 3.8) is 0 Å². The van der Waals surface area contributed by atoms with Crippen LogP contribution in [0.2, 0.25) is 10.0 Å². The number of thioether (sulfide) groups is 1. The van der Waals surface area contributed by atoms with Gasteiger partial charge in [0.2, 0.25) is 15.9 Å². The number of para-hydroxylation sites is 2. The van der Waals surface area contributed by atoms with Gasteiger partial charge in [-0.15, -0.1) is 0 Å². The second-order valence-electron chi connectivity index (χ2n) is 6.08. The lowest BCUT2D eigenvalue weighted by atomic mass is 10.2. The van der Waals surface area contributed by atoms with E-state index >= 15 is 0 Å².